The van der Waals surface area contributed by atoms with E-state index in [0.717, 1.165) is 11.1 Å². The highest BCUT2D eigenvalue weighted by molar-refractivity contribution is 5.88. The number of halogens is 1. The van der Waals surface area contributed by atoms with Gasteiger partial charge >= 0.3 is 0 Å². The molecule has 1 heterocycles. The van der Waals surface area contributed by atoms with Crippen LogP contribution in [0.5, 0.6) is 5.75 Å². The molecule has 0 saturated carbocycles. The van der Waals surface area contributed by atoms with Gasteiger partial charge in [0.25, 0.3) is 5.91 Å². The molecule has 0 bridgehead atoms. The Morgan fingerprint density at radius 3 is 2.41 bits per heavy atom. The van der Waals surface area contributed by atoms with Crippen molar-refractivity contribution >= 4 is 16.8 Å². The van der Waals surface area contributed by atoms with Gasteiger partial charge < -0.3 is 10.1 Å². The number of rotatable bonds is 6. The van der Waals surface area contributed by atoms with Crippen LogP contribution in [0.15, 0.2) is 84.9 Å². The van der Waals surface area contributed by atoms with Crippen molar-refractivity contribution in [3.63, 3.8) is 0 Å². The Morgan fingerprint density at radius 1 is 0.931 bits per heavy atom. The molecule has 4 nitrogen and oxygen atoms in total. The molecule has 0 radical (unpaired) electrons. The third-order valence-electron chi connectivity index (χ3n) is 4.49. The molecule has 0 unspecified atom stereocenters. The van der Waals surface area contributed by atoms with E-state index in [4.69, 9.17) is 4.74 Å². The zero-order valence-electron chi connectivity index (χ0n) is 15.6. The number of benzene rings is 3. The first-order valence-corrected chi connectivity index (χ1v) is 9.28. The van der Waals surface area contributed by atoms with Crippen molar-refractivity contribution in [3.8, 4) is 17.0 Å². The summed E-state index contributed by atoms with van der Waals surface area (Å²) in [5.41, 5.74) is 3.22. The highest BCUT2D eigenvalue weighted by Gasteiger charge is 2.11. The first kappa shape index (κ1) is 18.6. The Bertz CT molecular complexity index is 1130. The summed E-state index contributed by atoms with van der Waals surface area (Å²) in [6, 6.07) is 25.4. The predicted molar refractivity (Wildman–Crippen MR) is 111 cm³/mol. The lowest BCUT2D eigenvalue weighted by Crippen LogP contribution is -2.28. The smallest absolute Gasteiger partial charge is 0.258 e. The maximum Gasteiger partial charge on any atom is 0.258 e. The molecule has 0 aliphatic rings. The summed E-state index contributed by atoms with van der Waals surface area (Å²) in [6.07, 6.45) is 0. The summed E-state index contributed by atoms with van der Waals surface area (Å²) in [4.78, 5) is 16.8. The van der Waals surface area contributed by atoms with E-state index >= 15 is 0 Å². The number of hydrogen-bond donors (Lipinski definition) is 1. The van der Waals surface area contributed by atoms with Crippen LogP contribution in [-0.2, 0) is 11.3 Å². The van der Waals surface area contributed by atoms with Crippen LogP contribution in [0.3, 0.4) is 0 Å². The number of hydrogen-bond acceptors (Lipinski definition) is 3. The van der Waals surface area contributed by atoms with Crippen LogP contribution >= 0.6 is 0 Å². The van der Waals surface area contributed by atoms with Gasteiger partial charge in [0.05, 0.1) is 11.2 Å². The zero-order chi connectivity index (χ0) is 20.1. The second-order valence-electron chi connectivity index (χ2n) is 6.58. The molecule has 1 amide bonds. The fourth-order valence-corrected chi connectivity index (χ4v) is 3.03. The van der Waals surface area contributed by atoms with Crippen LogP contribution in [0.4, 0.5) is 4.39 Å². The first-order chi connectivity index (χ1) is 14.2. The lowest BCUT2D eigenvalue weighted by atomic mass is 10.1. The monoisotopic (exact) mass is 386 g/mol. The van der Waals surface area contributed by atoms with E-state index in [1.165, 1.54) is 12.1 Å². The number of carbonyl (C=O) groups excluding carboxylic acids is 1. The molecule has 0 aliphatic carbocycles. The van der Waals surface area contributed by atoms with Crippen molar-refractivity contribution in [3.05, 3.63) is 96.3 Å². The summed E-state index contributed by atoms with van der Waals surface area (Å²) in [7, 11) is 0. The molecule has 0 atom stereocenters. The van der Waals surface area contributed by atoms with E-state index in [1.807, 2.05) is 60.7 Å². The van der Waals surface area contributed by atoms with E-state index in [0.29, 0.717) is 28.9 Å². The minimum Gasteiger partial charge on any atom is -0.483 e. The van der Waals surface area contributed by atoms with E-state index in [9.17, 15) is 9.18 Å². The number of pyridine rings is 1. The van der Waals surface area contributed by atoms with Crippen LogP contribution < -0.4 is 10.1 Å². The number of fused-ring (bicyclic) bond motifs is 1. The molecule has 0 fully saturated rings. The van der Waals surface area contributed by atoms with E-state index < -0.39 is 0 Å². The largest absolute Gasteiger partial charge is 0.483 e. The van der Waals surface area contributed by atoms with Crippen molar-refractivity contribution < 1.29 is 13.9 Å². The molecule has 5 heteroatoms. The fourth-order valence-electron chi connectivity index (χ4n) is 3.03. The van der Waals surface area contributed by atoms with Crippen LogP contribution in [0, 0.1) is 5.82 Å². The number of nitrogens with one attached hydrogen (secondary N) is 1. The summed E-state index contributed by atoms with van der Waals surface area (Å²) in [5.74, 6) is -0.218. The van der Waals surface area contributed by atoms with Crippen LogP contribution in [-0.4, -0.2) is 17.5 Å². The van der Waals surface area contributed by atoms with Gasteiger partial charge in [-0.25, -0.2) is 9.37 Å². The molecule has 1 N–H and O–H groups in total. The van der Waals surface area contributed by atoms with E-state index in [2.05, 4.69) is 10.3 Å². The number of aromatic nitrogens is 1. The van der Waals surface area contributed by atoms with Gasteiger partial charge in [0.1, 0.15) is 11.6 Å². The van der Waals surface area contributed by atoms with Crippen LogP contribution in [0.2, 0.25) is 0 Å². The van der Waals surface area contributed by atoms with Crippen molar-refractivity contribution in [2.24, 2.45) is 0 Å². The predicted octanol–water partition coefficient (Wildman–Crippen LogP) is 4.74. The molecule has 144 valence electrons. The van der Waals surface area contributed by atoms with E-state index in [1.54, 1.807) is 12.1 Å². The molecule has 0 spiro atoms. The maximum atomic E-state index is 13.8. The van der Waals surface area contributed by atoms with Gasteiger partial charge in [-0.1, -0.05) is 60.7 Å². The van der Waals surface area contributed by atoms with Crippen LogP contribution in [0.25, 0.3) is 22.2 Å². The maximum absolute atomic E-state index is 13.8. The second-order valence-corrected chi connectivity index (χ2v) is 6.58. The molecule has 0 saturated heterocycles. The summed E-state index contributed by atoms with van der Waals surface area (Å²) in [5, 5.41) is 3.35. The molecule has 1 aromatic heterocycles. The normalized spacial score (nSPS) is 10.7. The van der Waals surface area contributed by atoms with Crippen molar-refractivity contribution in [1.82, 2.24) is 10.3 Å². The highest BCUT2D eigenvalue weighted by Crippen LogP contribution is 2.30. The minimum atomic E-state index is -0.384. The standard InChI is InChI=1S/C24H19FN2O2/c25-19-11-12-21-20(13-19)23(14-22(27-21)18-9-5-2-6-10-18)29-16-24(28)26-15-17-7-3-1-4-8-17/h1-14H,15-16H2,(H,26,28). The van der Waals surface area contributed by atoms with Crippen molar-refractivity contribution in [1.29, 1.82) is 0 Å². The molecule has 29 heavy (non-hydrogen) atoms. The summed E-state index contributed by atoms with van der Waals surface area (Å²) in [6.45, 7) is 0.251. The third-order valence-corrected chi connectivity index (χ3v) is 4.49. The van der Waals surface area contributed by atoms with Gasteiger partial charge in [-0.05, 0) is 23.8 Å². The average molecular weight is 386 g/mol. The fraction of sp³-hybridized carbons (Fsp3) is 0.0833. The highest BCUT2D eigenvalue weighted by atomic mass is 19.1. The molecular formula is C24H19FN2O2. The van der Waals surface area contributed by atoms with Gasteiger partial charge in [-0.15, -0.1) is 0 Å². The number of carbonyl (C=O) groups is 1. The topological polar surface area (TPSA) is 51.2 Å². The molecular weight excluding hydrogens is 367 g/mol. The zero-order valence-corrected chi connectivity index (χ0v) is 15.6. The SMILES string of the molecule is O=C(COc1cc(-c2ccccc2)nc2ccc(F)cc12)NCc1ccccc1. The van der Waals surface area contributed by atoms with Gasteiger partial charge in [-0.2, -0.15) is 0 Å². The van der Waals surface area contributed by atoms with Crippen molar-refractivity contribution in [2.45, 2.75) is 6.54 Å². The second kappa shape index (κ2) is 8.52. The summed E-state index contributed by atoms with van der Waals surface area (Å²) >= 11 is 0. The quantitative estimate of drug-likeness (QED) is 0.521. The van der Waals surface area contributed by atoms with Gasteiger partial charge in [0, 0.05) is 23.6 Å². The lowest BCUT2D eigenvalue weighted by molar-refractivity contribution is -0.123. The molecule has 0 aliphatic heterocycles. The first-order valence-electron chi connectivity index (χ1n) is 9.28. The third kappa shape index (κ3) is 4.58. The Balaban J connectivity index is 1.55. The van der Waals surface area contributed by atoms with Crippen LogP contribution in [0.1, 0.15) is 5.56 Å². The minimum absolute atomic E-state index is 0.170. The molecule has 4 aromatic rings. The van der Waals surface area contributed by atoms with Gasteiger partial charge in [0.2, 0.25) is 0 Å². The van der Waals surface area contributed by atoms with Gasteiger partial charge in [0.15, 0.2) is 6.61 Å². The Kier molecular flexibility index (Phi) is 5.47. The summed E-state index contributed by atoms with van der Waals surface area (Å²) < 4.78 is 19.6. The van der Waals surface area contributed by atoms with E-state index in [-0.39, 0.29) is 18.3 Å². The number of amides is 1. The van der Waals surface area contributed by atoms with Crippen molar-refractivity contribution in [2.75, 3.05) is 6.61 Å². The Morgan fingerprint density at radius 2 is 1.66 bits per heavy atom. The Labute approximate surface area is 168 Å². The number of ether oxygens (including phenoxy) is 1. The molecule has 3 aromatic carbocycles. The lowest BCUT2D eigenvalue weighted by Gasteiger charge is -2.12. The molecule has 4 rings (SSSR count). The Hall–Kier alpha value is -3.73. The average Bonchev–Trinajstić information content (AvgIpc) is 2.77. The number of nitrogens with zero attached hydrogens (tertiary/aromatic N) is 1. The van der Waals surface area contributed by atoms with Gasteiger partial charge in [-0.3, -0.25) is 4.79 Å².